The van der Waals surface area contributed by atoms with E-state index in [-0.39, 0.29) is 24.4 Å². The monoisotopic (exact) mass is 259 g/mol. The predicted octanol–water partition coefficient (Wildman–Crippen LogP) is -0.501. The molecule has 1 heterocycles. The van der Waals surface area contributed by atoms with E-state index < -0.39 is 12.6 Å². The molecule has 1 aliphatic rings. The summed E-state index contributed by atoms with van der Waals surface area (Å²) in [4.78, 5) is 34.7. The Morgan fingerprint density at radius 1 is 1.22 bits per heavy atom. The van der Waals surface area contributed by atoms with Gasteiger partial charge in [-0.1, -0.05) is 0 Å². The lowest BCUT2D eigenvalue weighted by molar-refractivity contribution is -0.151. The van der Waals surface area contributed by atoms with Crippen LogP contribution in [0.25, 0.3) is 0 Å². The molecule has 1 aliphatic heterocycles. The minimum atomic E-state index is -1.10. The summed E-state index contributed by atoms with van der Waals surface area (Å²) < 4.78 is 9.37. The number of amides is 1. The smallest absolute Gasteiger partial charge is 0.329 e. The summed E-state index contributed by atoms with van der Waals surface area (Å²) in [6.45, 7) is 0.212. The summed E-state index contributed by atoms with van der Waals surface area (Å²) in [5, 5.41) is 8.36. The molecule has 0 saturated carbocycles. The zero-order valence-corrected chi connectivity index (χ0v) is 10.3. The summed E-state index contributed by atoms with van der Waals surface area (Å²) in [5.41, 5.74) is 0. The molecule has 1 fully saturated rings. The quantitative estimate of drug-likeness (QED) is 0.669. The number of hydrogen-bond acceptors (Lipinski definition) is 5. The van der Waals surface area contributed by atoms with Crippen LogP contribution in [0.4, 0.5) is 0 Å². The average molecular weight is 259 g/mol. The normalized spacial score (nSPS) is 16.4. The van der Waals surface area contributed by atoms with Gasteiger partial charge in [0, 0.05) is 13.1 Å². The highest BCUT2D eigenvalue weighted by Gasteiger charge is 2.27. The molecule has 102 valence electrons. The van der Waals surface area contributed by atoms with Gasteiger partial charge in [-0.25, -0.2) is 4.79 Å². The third kappa shape index (κ3) is 4.33. The number of methoxy groups -OCH3 is 1. The lowest BCUT2D eigenvalue weighted by atomic mass is 9.97. The highest BCUT2D eigenvalue weighted by Crippen LogP contribution is 2.18. The molecule has 0 spiro atoms. The van der Waals surface area contributed by atoms with Crippen molar-refractivity contribution >= 4 is 17.8 Å². The summed E-state index contributed by atoms with van der Waals surface area (Å²) in [7, 11) is 1.35. The molecule has 18 heavy (non-hydrogen) atoms. The van der Waals surface area contributed by atoms with E-state index in [4.69, 9.17) is 9.84 Å². The van der Waals surface area contributed by atoms with Gasteiger partial charge in [-0.2, -0.15) is 0 Å². The number of carboxylic acid groups (broad SMARTS) is 1. The Hall–Kier alpha value is -1.63. The molecule has 1 N–H and O–H groups in total. The summed E-state index contributed by atoms with van der Waals surface area (Å²) in [6, 6.07) is 0. The van der Waals surface area contributed by atoms with Crippen molar-refractivity contribution in [2.24, 2.45) is 5.92 Å². The van der Waals surface area contributed by atoms with E-state index in [0.29, 0.717) is 25.9 Å². The van der Waals surface area contributed by atoms with Crippen molar-refractivity contribution < 1.29 is 29.0 Å². The molecule has 0 atom stereocenters. The number of hydrogen-bond donors (Lipinski definition) is 1. The van der Waals surface area contributed by atoms with Crippen molar-refractivity contribution in [3.63, 3.8) is 0 Å². The second kappa shape index (κ2) is 6.95. The van der Waals surface area contributed by atoms with Crippen molar-refractivity contribution in [2.75, 3.05) is 33.4 Å². The third-order valence-electron chi connectivity index (χ3n) is 2.83. The van der Waals surface area contributed by atoms with Gasteiger partial charge in [0.15, 0.2) is 0 Å². The van der Waals surface area contributed by atoms with Gasteiger partial charge in [-0.05, 0) is 12.8 Å². The number of carbonyl (C=O) groups is 3. The Bertz CT molecular complexity index is 321. The molecular weight excluding hydrogens is 242 g/mol. The molecule has 0 unspecified atom stereocenters. The zero-order chi connectivity index (χ0) is 13.5. The first kappa shape index (κ1) is 14.4. The van der Waals surface area contributed by atoms with E-state index >= 15 is 0 Å². The van der Waals surface area contributed by atoms with Gasteiger partial charge in [0.1, 0.15) is 13.2 Å². The number of likely N-dealkylation sites (tertiary alicyclic amines) is 1. The van der Waals surface area contributed by atoms with Gasteiger partial charge in [0.25, 0.3) is 0 Å². The van der Waals surface area contributed by atoms with E-state index in [1.165, 1.54) is 7.11 Å². The Labute approximate surface area is 105 Å². The highest BCUT2D eigenvalue weighted by atomic mass is 16.5. The van der Waals surface area contributed by atoms with Crippen LogP contribution in [0.3, 0.4) is 0 Å². The summed E-state index contributed by atoms with van der Waals surface area (Å²) in [5.74, 6) is -1.75. The molecule has 1 rings (SSSR count). The first-order chi connectivity index (χ1) is 8.54. The number of esters is 1. The van der Waals surface area contributed by atoms with Gasteiger partial charge in [-0.15, -0.1) is 0 Å². The molecule has 1 amide bonds. The number of aliphatic carboxylic acids is 1. The van der Waals surface area contributed by atoms with Crippen LogP contribution in [0.15, 0.2) is 0 Å². The molecular formula is C11H17NO6. The number of ether oxygens (including phenoxy) is 2. The lowest BCUT2D eigenvalue weighted by Crippen LogP contribution is -2.42. The van der Waals surface area contributed by atoms with Crippen LogP contribution in [0.2, 0.25) is 0 Å². The van der Waals surface area contributed by atoms with Crippen molar-refractivity contribution in [2.45, 2.75) is 12.8 Å². The lowest BCUT2D eigenvalue weighted by Gasteiger charge is -2.30. The number of piperidine rings is 1. The second-order valence-corrected chi connectivity index (χ2v) is 4.06. The molecule has 1 saturated heterocycles. The Morgan fingerprint density at radius 2 is 1.83 bits per heavy atom. The van der Waals surface area contributed by atoms with Gasteiger partial charge in [-0.3, -0.25) is 9.59 Å². The Balaban J connectivity index is 2.27. The first-order valence-corrected chi connectivity index (χ1v) is 5.69. The SMILES string of the molecule is COC(=O)C1CCN(C(=O)COCC(=O)O)CC1. The maximum Gasteiger partial charge on any atom is 0.329 e. The number of carboxylic acids is 1. The van der Waals surface area contributed by atoms with Crippen LogP contribution in [0.1, 0.15) is 12.8 Å². The van der Waals surface area contributed by atoms with Crippen LogP contribution in [0, 0.1) is 5.92 Å². The van der Waals surface area contributed by atoms with E-state index in [1.807, 2.05) is 0 Å². The third-order valence-corrected chi connectivity index (χ3v) is 2.83. The molecule has 7 nitrogen and oxygen atoms in total. The number of nitrogens with zero attached hydrogens (tertiary/aromatic N) is 1. The summed E-state index contributed by atoms with van der Waals surface area (Å²) >= 11 is 0. The largest absolute Gasteiger partial charge is 0.480 e. The standard InChI is InChI=1S/C11H17NO6/c1-17-11(16)8-2-4-12(5-3-8)9(13)6-18-7-10(14)15/h8H,2-7H2,1H3,(H,14,15). The molecule has 0 radical (unpaired) electrons. The molecule has 0 aromatic carbocycles. The van der Waals surface area contributed by atoms with Crippen LogP contribution in [-0.4, -0.2) is 61.3 Å². The Kier molecular flexibility index (Phi) is 5.57. The van der Waals surface area contributed by atoms with Gasteiger partial charge in [0.05, 0.1) is 13.0 Å². The van der Waals surface area contributed by atoms with Crippen molar-refractivity contribution in [1.29, 1.82) is 0 Å². The molecule has 0 aromatic rings. The molecule has 0 aliphatic carbocycles. The van der Waals surface area contributed by atoms with Crippen LogP contribution in [-0.2, 0) is 23.9 Å². The van der Waals surface area contributed by atoms with E-state index in [2.05, 4.69) is 4.74 Å². The van der Waals surface area contributed by atoms with Gasteiger partial charge < -0.3 is 19.5 Å². The minimum Gasteiger partial charge on any atom is -0.480 e. The zero-order valence-electron chi connectivity index (χ0n) is 10.3. The topological polar surface area (TPSA) is 93.1 Å². The maximum atomic E-state index is 11.6. The highest BCUT2D eigenvalue weighted by molar-refractivity contribution is 5.78. The molecule has 0 aromatic heterocycles. The fourth-order valence-electron chi connectivity index (χ4n) is 1.85. The van der Waals surface area contributed by atoms with Crippen molar-refractivity contribution in [1.82, 2.24) is 4.90 Å². The van der Waals surface area contributed by atoms with Crippen LogP contribution in [0.5, 0.6) is 0 Å². The van der Waals surface area contributed by atoms with E-state index in [9.17, 15) is 14.4 Å². The van der Waals surface area contributed by atoms with Gasteiger partial charge in [0.2, 0.25) is 5.91 Å². The fourth-order valence-corrected chi connectivity index (χ4v) is 1.85. The fraction of sp³-hybridized carbons (Fsp3) is 0.727. The Morgan fingerprint density at radius 3 is 2.33 bits per heavy atom. The molecule has 0 bridgehead atoms. The van der Waals surface area contributed by atoms with Crippen molar-refractivity contribution in [3.8, 4) is 0 Å². The second-order valence-electron chi connectivity index (χ2n) is 4.06. The minimum absolute atomic E-state index is 0.154. The number of rotatable bonds is 5. The first-order valence-electron chi connectivity index (χ1n) is 5.69. The summed E-state index contributed by atoms with van der Waals surface area (Å²) in [6.07, 6.45) is 1.13. The maximum absolute atomic E-state index is 11.6. The van der Waals surface area contributed by atoms with E-state index in [1.54, 1.807) is 4.90 Å². The molecule has 7 heteroatoms. The van der Waals surface area contributed by atoms with Crippen LogP contribution >= 0.6 is 0 Å². The predicted molar refractivity (Wildman–Crippen MR) is 59.8 cm³/mol. The van der Waals surface area contributed by atoms with E-state index in [0.717, 1.165) is 0 Å². The van der Waals surface area contributed by atoms with Gasteiger partial charge >= 0.3 is 11.9 Å². The average Bonchev–Trinajstić information content (AvgIpc) is 2.37. The van der Waals surface area contributed by atoms with Crippen LogP contribution < -0.4 is 0 Å². The number of carbonyl (C=O) groups excluding carboxylic acids is 2. The van der Waals surface area contributed by atoms with Crippen molar-refractivity contribution in [3.05, 3.63) is 0 Å².